The second-order valence-corrected chi connectivity index (χ2v) is 8.70. The third-order valence-corrected chi connectivity index (χ3v) is 5.61. The fraction of sp³-hybridized carbons (Fsp3) is 0.385. The Labute approximate surface area is 193 Å². The molecule has 1 unspecified atom stereocenters. The average molecular weight is 451 g/mol. The summed E-state index contributed by atoms with van der Waals surface area (Å²) >= 11 is 0. The normalized spacial score (nSPS) is 15.5. The molecule has 1 amide bonds. The Bertz CT molecular complexity index is 1210. The molecule has 0 radical (unpaired) electrons. The molecule has 7 nitrogen and oxygen atoms in total. The van der Waals surface area contributed by atoms with Crippen LogP contribution in [0.3, 0.4) is 0 Å². The standard InChI is InChI=1S/C26H30N2O5/c1-6-31-19-11-12-20-21(15-19)33-25-22(24(20)29)23(28(26(25)30)14-13-27(4)5)17-7-9-18(10-8-17)32-16(2)3/h7-12,15-16,23H,6,13-14H2,1-5H3. The maximum Gasteiger partial charge on any atom is 0.290 e. The van der Waals surface area contributed by atoms with Crippen LogP contribution < -0.4 is 14.9 Å². The number of hydrogen-bond acceptors (Lipinski definition) is 6. The van der Waals surface area contributed by atoms with Crippen molar-refractivity contribution in [3.8, 4) is 11.5 Å². The highest BCUT2D eigenvalue weighted by atomic mass is 16.5. The highest BCUT2D eigenvalue weighted by Crippen LogP contribution is 2.38. The second kappa shape index (κ2) is 9.27. The molecule has 0 fully saturated rings. The van der Waals surface area contributed by atoms with Crippen LogP contribution in [0.2, 0.25) is 0 Å². The van der Waals surface area contributed by atoms with E-state index >= 15 is 0 Å². The van der Waals surface area contributed by atoms with Crippen molar-refractivity contribution < 1.29 is 18.7 Å². The minimum absolute atomic E-state index is 0.0567. The molecule has 174 valence electrons. The largest absolute Gasteiger partial charge is 0.494 e. The van der Waals surface area contributed by atoms with Crippen molar-refractivity contribution in [1.29, 1.82) is 0 Å². The van der Waals surface area contributed by atoms with E-state index in [1.54, 1.807) is 23.1 Å². The summed E-state index contributed by atoms with van der Waals surface area (Å²) in [5, 5.41) is 0.434. The first-order valence-corrected chi connectivity index (χ1v) is 11.3. The van der Waals surface area contributed by atoms with Gasteiger partial charge in [-0.1, -0.05) is 12.1 Å². The molecule has 0 saturated heterocycles. The smallest absolute Gasteiger partial charge is 0.290 e. The predicted molar refractivity (Wildman–Crippen MR) is 127 cm³/mol. The molecule has 0 N–H and O–H groups in total. The predicted octanol–water partition coefficient (Wildman–Crippen LogP) is 4.09. The lowest BCUT2D eigenvalue weighted by molar-refractivity contribution is 0.0716. The number of carbonyl (C=O) groups excluding carboxylic acids is 1. The topological polar surface area (TPSA) is 72.2 Å². The fourth-order valence-corrected chi connectivity index (χ4v) is 4.14. The summed E-state index contributed by atoms with van der Waals surface area (Å²) in [5.74, 6) is 1.17. The molecule has 0 aliphatic carbocycles. The number of ether oxygens (including phenoxy) is 2. The quantitative estimate of drug-likeness (QED) is 0.515. The second-order valence-electron chi connectivity index (χ2n) is 8.70. The summed E-state index contributed by atoms with van der Waals surface area (Å²) in [6.07, 6.45) is 0.0567. The van der Waals surface area contributed by atoms with E-state index in [-0.39, 0.29) is 23.2 Å². The van der Waals surface area contributed by atoms with E-state index in [1.165, 1.54) is 0 Å². The van der Waals surface area contributed by atoms with E-state index in [0.717, 1.165) is 11.3 Å². The van der Waals surface area contributed by atoms with Crippen LogP contribution in [0, 0.1) is 0 Å². The van der Waals surface area contributed by atoms with Crippen molar-refractivity contribution in [2.45, 2.75) is 32.9 Å². The Morgan fingerprint density at radius 2 is 1.76 bits per heavy atom. The molecule has 4 rings (SSSR count). The third kappa shape index (κ3) is 4.46. The summed E-state index contributed by atoms with van der Waals surface area (Å²) < 4.78 is 17.3. The molecule has 33 heavy (non-hydrogen) atoms. The fourth-order valence-electron chi connectivity index (χ4n) is 4.14. The molecule has 1 aromatic heterocycles. The first-order valence-electron chi connectivity index (χ1n) is 11.3. The molecule has 1 atom stereocenters. The molecule has 0 saturated carbocycles. The number of hydrogen-bond donors (Lipinski definition) is 0. The monoisotopic (exact) mass is 450 g/mol. The van der Waals surface area contributed by atoms with Crippen LogP contribution in [0.4, 0.5) is 0 Å². The summed E-state index contributed by atoms with van der Waals surface area (Å²) in [6.45, 7) is 7.44. The van der Waals surface area contributed by atoms with Gasteiger partial charge in [-0.2, -0.15) is 0 Å². The number of benzene rings is 2. The lowest BCUT2D eigenvalue weighted by atomic mass is 9.98. The molecular formula is C26H30N2O5. The van der Waals surface area contributed by atoms with Gasteiger partial charge in [0.15, 0.2) is 5.43 Å². The molecule has 2 aromatic carbocycles. The highest BCUT2D eigenvalue weighted by molar-refractivity contribution is 5.99. The third-order valence-electron chi connectivity index (χ3n) is 5.61. The zero-order valence-electron chi connectivity index (χ0n) is 19.8. The first kappa shape index (κ1) is 22.9. The van der Waals surface area contributed by atoms with Gasteiger partial charge in [-0.25, -0.2) is 0 Å². The highest BCUT2D eigenvalue weighted by Gasteiger charge is 2.42. The molecule has 0 spiro atoms. The van der Waals surface area contributed by atoms with Gasteiger partial charge >= 0.3 is 0 Å². The molecular weight excluding hydrogens is 420 g/mol. The van der Waals surface area contributed by atoms with Gasteiger partial charge in [0.1, 0.15) is 17.1 Å². The average Bonchev–Trinajstić information content (AvgIpc) is 3.04. The zero-order chi connectivity index (χ0) is 23.7. The van der Waals surface area contributed by atoms with Crippen LogP contribution in [0.1, 0.15) is 48.5 Å². The van der Waals surface area contributed by atoms with Gasteiger partial charge < -0.3 is 23.7 Å². The Morgan fingerprint density at radius 1 is 1.06 bits per heavy atom. The Morgan fingerprint density at radius 3 is 2.39 bits per heavy atom. The first-order chi connectivity index (χ1) is 15.8. The zero-order valence-corrected chi connectivity index (χ0v) is 19.8. The Kier molecular flexibility index (Phi) is 6.42. The van der Waals surface area contributed by atoms with E-state index in [0.29, 0.717) is 42.0 Å². The van der Waals surface area contributed by atoms with E-state index in [4.69, 9.17) is 13.9 Å². The number of rotatable bonds is 8. The maximum atomic E-state index is 13.6. The lowest BCUT2D eigenvalue weighted by Gasteiger charge is -2.26. The number of nitrogens with zero attached hydrogens (tertiary/aromatic N) is 2. The van der Waals surface area contributed by atoms with Crippen molar-refractivity contribution in [3.05, 3.63) is 69.6 Å². The van der Waals surface area contributed by atoms with Crippen LogP contribution in [0.15, 0.2) is 51.7 Å². The number of carbonyl (C=O) groups is 1. The lowest BCUT2D eigenvalue weighted by Crippen LogP contribution is -2.35. The van der Waals surface area contributed by atoms with Gasteiger partial charge in [0.25, 0.3) is 5.91 Å². The van der Waals surface area contributed by atoms with Gasteiger partial charge in [0.05, 0.1) is 29.7 Å². The van der Waals surface area contributed by atoms with Gasteiger partial charge in [0.2, 0.25) is 5.76 Å². The van der Waals surface area contributed by atoms with Crippen molar-refractivity contribution in [2.75, 3.05) is 33.8 Å². The van der Waals surface area contributed by atoms with Gasteiger partial charge in [-0.15, -0.1) is 0 Å². The van der Waals surface area contributed by atoms with Crippen molar-refractivity contribution in [1.82, 2.24) is 9.80 Å². The van der Waals surface area contributed by atoms with E-state index < -0.39 is 6.04 Å². The van der Waals surface area contributed by atoms with Crippen molar-refractivity contribution in [2.24, 2.45) is 0 Å². The van der Waals surface area contributed by atoms with Gasteiger partial charge in [-0.05, 0) is 64.7 Å². The molecule has 0 bridgehead atoms. The van der Waals surface area contributed by atoms with Crippen LogP contribution in [0.25, 0.3) is 11.0 Å². The molecule has 3 aromatic rings. The van der Waals surface area contributed by atoms with Crippen LogP contribution in [-0.2, 0) is 0 Å². The minimum Gasteiger partial charge on any atom is -0.494 e. The van der Waals surface area contributed by atoms with Crippen LogP contribution in [0.5, 0.6) is 11.5 Å². The number of fused-ring (bicyclic) bond motifs is 2. The summed E-state index contributed by atoms with van der Waals surface area (Å²) in [6, 6.07) is 12.2. The van der Waals surface area contributed by atoms with Crippen molar-refractivity contribution >= 4 is 16.9 Å². The molecule has 1 aliphatic rings. The number of amides is 1. The maximum absolute atomic E-state index is 13.6. The molecule has 2 heterocycles. The van der Waals surface area contributed by atoms with E-state index in [9.17, 15) is 9.59 Å². The van der Waals surface area contributed by atoms with Gasteiger partial charge in [0, 0.05) is 19.2 Å². The minimum atomic E-state index is -0.521. The van der Waals surface area contributed by atoms with Gasteiger partial charge in [-0.3, -0.25) is 9.59 Å². The Hall–Kier alpha value is -3.32. The summed E-state index contributed by atoms with van der Waals surface area (Å²) in [7, 11) is 3.90. The summed E-state index contributed by atoms with van der Waals surface area (Å²) in [4.78, 5) is 30.8. The SMILES string of the molecule is CCOc1ccc2c(=O)c3c(oc2c1)C(=O)N(CCN(C)C)C3c1ccc(OC(C)C)cc1. The summed E-state index contributed by atoms with van der Waals surface area (Å²) in [5.41, 5.74) is 1.39. The Balaban J connectivity index is 1.84. The number of likely N-dealkylation sites (N-methyl/N-ethyl adjacent to an activating group) is 1. The molecule has 7 heteroatoms. The van der Waals surface area contributed by atoms with Crippen LogP contribution in [-0.4, -0.2) is 55.6 Å². The van der Waals surface area contributed by atoms with E-state index in [1.807, 2.05) is 64.0 Å². The van der Waals surface area contributed by atoms with Crippen LogP contribution >= 0.6 is 0 Å². The van der Waals surface area contributed by atoms with Crippen molar-refractivity contribution in [3.63, 3.8) is 0 Å². The molecule has 1 aliphatic heterocycles. The van der Waals surface area contributed by atoms with E-state index in [2.05, 4.69) is 0 Å².